The number of hydrogen-bond acceptors (Lipinski definition) is 14. The minimum atomic E-state index is -0.867. The van der Waals surface area contributed by atoms with Crippen molar-refractivity contribution in [1.29, 1.82) is 0 Å². The van der Waals surface area contributed by atoms with E-state index >= 15 is 0 Å². The van der Waals surface area contributed by atoms with Gasteiger partial charge in [-0.3, -0.25) is 4.90 Å². The molecule has 3 rings (SSSR count). The van der Waals surface area contributed by atoms with E-state index in [1.54, 1.807) is 13.8 Å². The van der Waals surface area contributed by atoms with E-state index < -0.39 is 34.5 Å². The third-order valence-electron chi connectivity index (χ3n) is 13.4. The Kier molecular flexibility index (Phi) is 26.5. The first-order valence-corrected chi connectivity index (χ1v) is 27.0. The Morgan fingerprint density at radius 3 is 1.32 bits per heavy atom. The number of nitrogens with zero attached hydrogens (tertiary/aromatic N) is 1. The molecule has 0 aliphatic rings. The Labute approximate surface area is 457 Å². The SMILES string of the molecule is C=C(C)C(=O)OC(C)(C)C(COc1ccccc1)COC(C)(C)CNCCCOC(C)(C)CCOc1ccc(OCCC(C)(C)OCCCN(C)C(C)(C)OCC(COc2ccccc2)C(C)(C)OC(=O)C(=C)C)cc1. The number of benzene rings is 3. The van der Waals surface area contributed by atoms with Crippen LogP contribution in [0, 0.1) is 11.8 Å². The third-order valence-corrected chi connectivity index (χ3v) is 13.4. The van der Waals surface area contributed by atoms with Crippen LogP contribution in [0.15, 0.2) is 109 Å². The molecule has 0 heterocycles. The molecule has 0 saturated heterocycles. The van der Waals surface area contributed by atoms with Gasteiger partial charge in [0.25, 0.3) is 0 Å². The molecule has 0 amide bonds. The normalized spacial score (nSPS) is 13.4. The summed E-state index contributed by atoms with van der Waals surface area (Å²) in [6.07, 6.45) is 3.09. The van der Waals surface area contributed by atoms with Crippen LogP contribution in [0.5, 0.6) is 23.0 Å². The minimum absolute atomic E-state index is 0.236. The van der Waals surface area contributed by atoms with E-state index in [9.17, 15) is 9.59 Å². The highest BCUT2D eigenvalue weighted by atomic mass is 16.6. The zero-order valence-electron chi connectivity index (χ0n) is 49.1. The third kappa shape index (κ3) is 25.5. The predicted octanol–water partition coefficient (Wildman–Crippen LogP) is 11.9. The number of esters is 2. The van der Waals surface area contributed by atoms with Gasteiger partial charge < -0.3 is 52.7 Å². The van der Waals surface area contributed by atoms with Gasteiger partial charge >= 0.3 is 11.9 Å². The van der Waals surface area contributed by atoms with Crippen LogP contribution in [0.25, 0.3) is 0 Å². The van der Waals surface area contributed by atoms with Crippen molar-refractivity contribution >= 4 is 11.9 Å². The largest absolute Gasteiger partial charge is 0.493 e. The Bertz CT molecular complexity index is 2170. The molecule has 14 nitrogen and oxygen atoms in total. The molecule has 3 aromatic carbocycles. The average Bonchev–Trinajstić information content (AvgIpc) is 3.34. The lowest BCUT2D eigenvalue weighted by Crippen LogP contribution is -2.48. The molecule has 2 atom stereocenters. The van der Waals surface area contributed by atoms with Crippen molar-refractivity contribution in [3.63, 3.8) is 0 Å². The number of ether oxygens (including phenoxy) is 10. The number of nitrogens with one attached hydrogen (secondary N) is 1. The van der Waals surface area contributed by atoms with E-state index in [-0.39, 0.29) is 23.0 Å². The summed E-state index contributed by atoms with van der Waals surface area (Å²) in [6.45, 7) is 40.4. The highest BCUT2D eigenvalue weighted by Gasteiger charge is 2.38. The summed E-state index contributed by atoms with van der Waals surface area (Å²) in [6, 6.07) is 26.9. The molecule has 426 valence electrons. The van der Waals surface area contributed by atoms with E-state index in [2.05, 4.69) is 51.1 Å². The van der Waals surface area contributed by atoms with Crippen LogP contribution >= 0.6 is 0 Å². The maximum absolute atomic E-state index is 12.5. The van der Waals surface area contributed by atoms with Crippen molar-refractivity contribution in [2.75, 3.05) is 79.5 Å². The molecule has 3 aromatic rings. The second-order valence-electron chi connectivity index (χ2n) is 23.2. The Morgan fingerprint density at radius 1 is 0.500 bits per heavy atom. The second-order valence-corrected chi connectivity index (χ2v) is 23.2. The van der Waals surface area contributed by atoms with Gasteiger partial charge in [-0.15, -0.1) is 0 Å². The fraction of sp³-hybridized carbons (Fsp3) is 0.613. The molecule has 76 heavy (non-hydrogen) atoms. The van der Waals surface area contributed by atoms with Crippen LogP contribution in [0.1, 0.15) is 123 Å². The van der Waals surface area contributed by atoms with Crippen LogP contribution in [0.4, 0.5) is 0 Å². The van der Waals surface area contributed by atoms with Gasteiger partial charge in [-0.05, 0) is 172 Å². The van der Waals surface area contributed by atoms with Crippen molar-refractivity contribution in [3.8, 4) is 23.0 Å². The Hall–Kier alpha value is -4.96. The first-order valence-electron chi connectivity index (χ1n) is 27.0. The lowest BCUT2D eigenvalue weighted by atomic mass is 9.91. The van der Waals surface area contributed by atoms with E-state index in [0.29, 0.717) is 77.0 Å². The quantitative estimate of drug-likeness (QED) is 0.0251. The highest BCUT2D eigenvalue weighted by molar-refractivity contribution is 5.87. The van der Waals surface area contributed by atoms with Gasteiger partial charge in [0.1, 0.15) is 39.9 Å². The highest BCUT2D eigenvalue weighted by Crippen LogP contribution is 2.30. The zero-order valence-corrected chi connectivity index (χ0v) is 49.1. The van der Waals surface area contributed by atoms with Crippen molar-refractivity contribution in [2.45, 2.75) is 156 Å². The van der Waals surface area contributed by atoms with Crippen LogP contribution in [-0.2, 0) is 38.0 Å². The Morgan fingerprint density at radius 2 is 0.895 bits per heavy atom. The molecule has 0 bridgehead atoms. The summed E-state index contributed by atoms with van der Waals surface area (Å²) in [7, 11) is 2.04. The van der Waals surface area contributed by atoms with Gasteiger partial charge in [-0.2, -0.15) is 0 Å². The summed E-state index contributed by atoms with van der Waals surface area (Å²) in [4.78, 5) is 27.2. The van der Waals surface area contributed by atoms with E-state index in [0.717, 1.165) is 55.4 Å². The molecule has 0 radical (unpaired) electrons. The van der Waals surface area contributed by atoms with Gasteiger partial charge in [-0.25, -0.2) is 9.59 Å². The lowest BCUT2D eigenvalue weighted by Gasteiger charge is -2.39. The minimum Gasteiger partial charge on any atom is -0.493 e. The Balaban J connectivity index is 1.31. The molecule has 0 fully saturated rings. The van der Waals surface area contributed by atoms with Crippen molar-refractivity contribution in [1.82, 2.24) is 10.2 Å². The number of para-hydroxylation sites is 2. The molecule has 0 saturated carbocycles. The van der Waals surface area contributed by atoms with Crippen molar-refractivity contribution in [2.24, 2.45) is 11.8 Å². The first kappa shape index (κ1) is 65.3. The smallest absolute Gasteiger partial charge is 0.333 e. The number of carbonyl (C=O) groups excluding carboxylic acids is 2. The fourth-order valence-electron chi connectivity index (χ4n) is 7.40. The summed E-state index contributed by atoms with van der Waals surface area (Å²) in [5, 5.41) is 3.51. The summed E-state index contributed by atoms with van der Waals surface area (Å²) in [5.41, 5.74) is -2.86. The van der Waals surface area contributed by atoms with E-state index in [4.69, 9.17) is 47.4 Å². The van der Waals surface area contributed by atoms with E-state index in [1.165, 1.54) is 0 Å². The monoisotopic (exact) mass is 1060 g/mol. The molecule has 0 aromatic heterocycles. The molecule has 0 aliphatic carbocycles. The molecular formula is C62H96N2O12. The summed E-state index contributed by atoms with van der Waals surface area (Å²) in [5.74, 6) is 1.65. The zero-order chi connectivity index (χ0) is 56.6. The first-order chi connectivity index (χ1) is 35.5. The number of carbonyl (C=O) groups is 2. The van der Waals surface area contributed by atoms with Gasteiger partial charge in [0.15, 0.2) is 0 Å². The van der Waals surface area contributed by atoms with Gasteiger partial charge in [0.05, 0.1) is 68.3 Å². The van der Waals surface area contributed by atoms with Gasteiger partial charge in [0.2, 0.25) is 0 Å². The fourth-order valence-corrected chi connectivity index (χ4v) is 7.40. The lowest BCUT2D eigenvalue weighted by molar-refractivity contribution is -0.175. The summed E-state index contributed by atoms with van der Waals surface area (Å²) < 4.78 is 61.6. The topological polar surface area (TPSA) is 142 Å². The molecule has 14 heteroatoms. The predicted molar refractivity (Wildman–Crippen MR) is 302 cm³/mol. The van der Waals surface area contributed by atoms with Crippen LogP contribution in [0.3, 0.4) is 0 Å². The number of hydrogen-bond donors (Lipinski definition) is 1. The standard InChI is InChI=1S/C62H96N2O12/c1-47(2)55(65)75-60(11,12)49(42-69-51-26-20-18-21-27-51)44-73-59(9,10)46-63-36-24-38-71-57(5,6)34-40-67-53-30-32-54(33-31-53)68-41-35-58(7,8)72-39-25-37-64(17)62(15,16)74-45-50(43-70-52-28-22-19-23-29-52)61(13,14)76-56(66)48(3)4/h18-23,26-33,49-50,63H,1,3,24-25,34-46H2,2,4-17H3. The maximum Gasteiger partial charge on any atom is 0.333 e. The molecule has 0 aliphatic heterocycles. The van der Waals surface area contributed by atoms with Gasteiger partial charge in [-0.1, -0.05) is 49.6 Å². The molecule has 0 spiro atoms. The maximum atomic E-state index is 12.5. The van der Waals surface area contributed by atoms with Crippen molar-refractivity contribution < 1.29 is 57.0 Å². The average molecular weight is 1060 g/mol. The molecular weight excluding hydrogens is 965 g/mol. The summed E-state index contributed by atoms with van der Waals surface area (Å²) >= 11 is 0. The molecule has 2 unspecified atom stereocenters. The second kappa shape index (κ2) is 30.8. The van der Waals surface area contributed by atoms with Gasteiger partial charge in [0, 0.05) is 50.3 Å². The van der Waals surface area contributed by atoms with Crippen molar-refractivity contribution in [3.05, 3.63) is 109 Å². The van der Waals surface area contributed by atoms with Crippen LogP contribution < -0.4 is 24.3 Å². The van der Waals surface area contributed by atoms with Crippen LogP contribution in [0.2, 0.25) is 0 Å². The molecule has 1 N–H and O–H groups in total. The van der Waals surface area contributed by atoms with E-state index in [1.807, 2.05) is 147 Å². The van der Waals surface area contributed by atoms with Crippen LogP contribution in [-0.4, -0.2) is 130 Å². The number of rotatable bonds is 39.